The van der Waals surface area contributed by atoms with Crippen LogP contribution in [0.1, 0.15) is 78.7 Å². The Morgan fingerprint density at radius 2 is 1.21 bits per heavy atom. The zero-order chi connectivity index (χ0) is 37.9. The lowest BCUT2D eigenvalue weighted by molar-refractivity contribution is -0.119. The van der Waals surface area contributed by atoms with E-state index in [0.29, 0.717) is 25.9 Å². The summed E-state index contributed by atoms with van der Waals surface area (Å²) in [5, 5.41) is 8.61. The standard InChI is InChI=1S/C22H28N2O.C19H28N2O3.CHNO/c1-2-22(25)24(20-12-7-4-8-13-20)21-14-9-16-23(18-21)17-15-19-10-5-3-6-11-19;1-5-17(22)21(15-10-7-6-8-11-15)16-12-9-13-20(14-16)18(23)24-19(2,3)4;1-2-3/h3-8,10-13,21H,2,9,14-18H2,1H3;6-8,10-11,16H,5,9,12-14H2,1-4H3;3H/t21-;16-;/m00./s1. The van der Waals surface area contributed by atoms with E-state index in [0.717, 1.165) is 63.1 Å². The van der Waals surface area contributed by atoms with Crippen LogP contribution in [0.2, 0.25) is 0 Å². The lowest BCUT2D eigenvalue weighted by Gasteiger charge is -2.39. The van der Waals surface area contributed by atoms with Crippen molar-refractivity contribution in [2.75, 3.05) is 42.5 Å². The highest BCUT2D eigenvalue weighted by Crippen LogP contribution is 2.26. The van der Waals surface area contributed by atoms with Crippen molar-refractivity contribution < 1.29 is 24.3 Å². The van der Waals surface area contributed by atoms with Crippen LogP contribution in [-0.2, 0) is 20.7 Å². The molecule has 2 saturated heterocycles. The summed E-state index contributed by atoms with van der Waals surface area (Å²) >= 11 is 0. The number of amides is 3. The molecule has 52 heavy (non-hydrogen) atoms. The number of likely N-dealkylation sites (tertiary alicyclic amines) is 2. The summed E-state index contributed by atoms with van der Waals surface area (Å²) in [6, 6.07) is 30.7. The molecule has 1 N–H and O–H groups in total. The molecule has 3 aromatic carbocycles. The summed E-state index contributed by atoms with van der Waals surface area (Å²) in [4.78, 5) is 45.6. The molecule has 2 atom stereocenters. The first-order chi connectivity index (χ1) is 25.0. The average molecular weight is 712 g/mol. The molecule has 0 spiro atoms. The summed E-state index contributed by atoms with van der Waals surface area (Å²) in [5.41, 5.74) is 2.79. The molecule has 0 radical (unpaired) electrons. The Hall–Kier alpha value is -4.88. The molecule has 0 saturated carbocycles. The van der Waals surface area contributed by atoms with Gasteiger partial charge in [0.1, 0.15) is 5.60 Å². The molecular formula is C42H57N5O5. The fraction of sp³-hybridized carbons (Fsp3) is 0.476. The maximum atomic E-state index is 12.6. The molecule has 3 amide bonds. The van der Waals surface area contributed by atoms with Gasteiger partial charge in [-0.3, -0.25) is 9.59 Å². The topological polar surface area (TPSA) is 98.0 Å². The molecule has 2 fully saturated rings. The largest absolute Gasteiger partial charge is 0.444 e. The molecular weight excluding hydrogens is 654 g/mol. The van der Waals surface area contributed by atoms with Crippen LogP contribution < -0.4 is 9.80 Å². The number of hydrogen-bond acceptors (Lipinski definition) is 6. The number of carbonyl (C=O) groups is 3. The lowest BCUT2D eigenvalue weighted by Crippen LogP contribution is -2.52. The maximum absolute atomic E-state index is 12.6. The third-order valence-corrected chi connectivity index (χ3v) is 9.03. The number of benzene rings is 3. The van der Waals surface area contributed by atoms with E-state index >= 15 is 0 Å². The Bertz CT molecular complexity index is 1540. The Balaban J connectivity index is 0.000000261. The van der Waals surface area contributed by atoms with Gasteiger partial charge in [0.05, 0.1) is 6.04 Å². The van der Waals surface area contributed by atoms with Crippen LogP contribution in [0.15, 0.2) is 91.0 Å². The van der Waals surface area contributed by atoms with Crippen LogP contribution in [0.5, 0.6) is 0 Å². The van der Waals surface area contributed by atoms with Crippen LogP contribution >= 0.6 is 0 Å². The number of piperidine rings is 2. The number of carbonyl (C=O) groups excluding carboxylic acids is 3. The zero-order valence-corrected chi connectivity index (χ0v) is 31.6. The van der Waals surface area contributed by atoms with Crippen LogP contribution in [0.25, 0.3) is 5.01 Å². The fourth-order valence-electron chi connectivity index (χ4n) is 6.67. The van der Waals surface area contributed by atoms with Crippen molar-refractivity contribution in [2.24, 2.45) is 0 Å². The predicted molar refractivity (Wildman–Crippen MR) is 207 cm³/mol. The monoisotopic (exact) mass is 711 g/mol. The second kappa shape index (κ2) is 21.5. The average Bonchev–Trinajstić information content (AvgIpc) is 3.15. The summed E-state index contributed by atoms with van der Waals surface area (Å²) in [6.07, 6.45) is 5.75. The van der Waals surface area contributed by atoms with E-state index < -0.39 is 5.60 Å². The minimum absolute atomic E-state index is 0.0129. The Morgan fingerprint density at radius 1 is 0.769 bits per heavy atom. The number of rotatable bonds is 9. The molecule has 0 bridgehead atoms. The summed E-state index contributed by atoms with van der Waals surface area (Å²) in [5.74, 6) is 0.304. The number of nitrogens with zero attached hydrogens (tertiary/aromatic N) is 5. The van der Waals surface area contributed by atoms with Gasteiger partial charge in [-0.1, -0.05) is 80.6 Å². The van der Waals surface area contributed by atoms with E-state index in [9.17, 15) is 14.4 Å². The van der Waals surface area contributed by atoms with Crippen LogP contribution in [0.3, 0.4) is 0 Å². The smallest absolute Gasteiger partial charge is 0.410 e. The van der Waals surface area contributed by atoms with Crippen molar-refractivity contribution in [1.82, 2.24) is 9.80 Å². The van der Waals surface area contributed by atoms with Crippen molar-refractivity contribution in [3.8, 4) is 0 Å². The van der Waals surface area contributed by atoms with Gasteiger partial charge in [0.2, 0.25) is 11.8 Å². The highest BCUT2D eigenvalue weighted by atomic mass is 16.6. The van der Waals surface area contributed by atoms with Gasteiger partial charge in [-0.15, -0.1) is 0 Å². The Labute approximate surface area is 310 Å². The van der Waals surface area contributed by atoms with Crippen LogP contribution in [-0.4, -0.2) is 83.3 Å². The highest BCUT2D eigenvalue weighted by Gasteiger charge is 2.33. The summed E-state index contributed by atoms with van der Waals surface area (Å²) < 4.78 is 5.48. The van der Waals surface area contributed by atoms with Crippen LogP contribution in [0, 0.1) is 6.57 Å². The third kappa shape index (κ3) is 13.3. The van der Waals surface area contributed by atoms with E-state index in [-0.39, 0.29) is 30.0 Å². The number of para-hydroxylation sites is 2. The minimum atomic E-state index is -0.512. The molecule has 5 rings (SSSR count). The van der Waals surface area contributed by atoms with Crippen molar-refractivity contribution in [1.29, 1.82) is 0 Å². The molecule has 280 valence electrons. The van der Waals surface area contributed by atoms with Crippen LogP contribution in [0.4, 0.5) is 16.2 Å². The van der Waals surface area contributed by atoms with Crippen molar-refractivity contribution in [3.05, 3.63) is 108 Å². The van der Waals surface area contributed by atoms with E-state index in [1.165, 1.54) is 5.56 Å². The molecule has 2 aliphatic heterocycles. The van der Waals surface area contributed by atoms with Gasteiger partial charge in [0, 0.05) is 56.4 Å². The zero-order valence-electron chi connectivity index (χ0n) is 31.6. The third-order valence-electron chi connectivity index (χ3n) is 9.03. The Kier molecular flexibility index (Phi) is 17.2. The summed E-state index contributed by atoms with van der Waals surface area (Å²) in [7, 11) is 0. The second-order valence-electron chi connectivity index (χ2n) is 14.1. The quantitative estimate of drug-likeness (QED) is 0.177. The van der Waals surface area contributed by atoms with Crippen molar-refractivity contribution in [3.63, 3.8) is 0 Å². The van der Waals surface area contributed by atoms with E-state index in [1.54, 1.807) is 9.91 Å². The molecule has 0 aliphatic carbocycles. The van der Waals surface area contributed by atoms with E-state index in [4.69, 9.17) is 16.5 Å². The number of anilines is 2. The first-order valence-electron chi connectivity index (χ1n) is 18.5. The van der Waals surface area contributed by atoms with Crippen molar-refractivity contribution >= 4 is 29.3 Å². The first-order valence-corrected chi connectivity index (χ1v) is 18.5. The predicted octanol–water partition coefficient (Wildman–Crippen LogP) is 8.26. The maximum Gasteiger partial charge on any atom is 0.410 e. The SMILES string of the molecule is CCC(=O)N(c1ccccc1)[C@H]1CCCN(C(=O)OC(C)(C)C)C1.CCC(=O)N(c1ccccc1)[C@H]1CCCN(CCc2ccccc2)C1.[C-]#[N+]O. The molecule has 2 heterocycles. The lowest BCUT2D eigenvalue weighted by atomic mass is 10.0. The van der Waals surface area contributed by atoms with Gasteiger partial charge in [-0.25, -0.2) is 10.0 Å². The van der Waals surface area contributed by atoms with Gasteiger partial charge < -0.3 is 24.3 Å². The molecule has 10 heteroatoms. The van der Waals surface area contributed by atoms with Gasteiger partial charge in [0.15, 0.2) is 0 Å². The number of ether oxygens (including phenoxy) is 1. The van der Waals surface area contributed by atoms with Gasteiger partial charge >= 0.3 is 6.09 Å². The normalized spacial score (nSPS) is 17.2. The molecule has 3 aromatic rings. The molecule has 0 unspecified atom stereocenters. The highest BCUT2D eigenvalue weighted by molar-refractivity contribution is 5.94. The van der Waals surface area contributed by atoms with Gasteiger partial charge in [-0.2, -0.15) is 6.57 Å². The first kappa shape index (κ1) is 41.5. The van der Waals surface area contributed by atoms with Gasteiger partial charge in [0.25, 0.3) is 0 Å². The van der Waals surface area contributed by atoms with Crippen molar-refractivity contribution in [2.45, 2.75) is 97.2 Å². The molecule has 0 aromatic heterocycles. The van der Waals surface area contributed by atoms with E-state index in [2.05, 4.69) is 47.4 Å². The second-order valence-corrected chi connectivity index (χ2v) is 14.1. The summed E-state index contributed by atoms with van der Waals surface area (Å²) in [6.45, 7) is 19.1. The minimum Gasteiger partial charge on any atom is -0.444 e. The number of hydrogen-bond donors (Lipinski definition) is 1. The fourth-order valence-corrected chi connectivity index (χ4v) is 6.67. The molecule has 2 aliphatic rings. The van der Waals surface area contributed by atoms with Gasteiger partial charge in [-0.05, 0) is 94.3 Å². The van der Waals surface area contributed by atoms with E-state index in [1.807, 2.05) is 92.9 Å². The molecule has 10 nitrogen and oxygen atoms in total. The Morgan fingerprint density at radius 3 is 1.67 bits per heavy atom.